The molecule has 0 fully saturated rings. The summed E-state index contributed by atoms with van der Waals surface area (Å²) in [7, 11) is -3.62. The lowest BCUT2D eigenvalue weighted by atomic mass is 9.96. The summed E-state index contributed by atoms with van der Waals surface area (Å²) in [6.45, 7) is 5.98. The third kappa shape index (κ3) is 3.89. The summed E-state index contributed by atoms with van der Waals surface area (Å²) >= 11 is 0. The van der Waals surface area contributed by atoms with E-state index < -0.39 is 10.0 Å². The van der Waals surface area contributed by atoms with Crippen LogP contribution in [0.2, 0.25) is 0 Å². The average Bonchev–Trinajstić information content (AvgIpc) is 2.39. The molecule has 108 valence electrons. The van der Waals surface area contributed by atoms with Crippen LogP contribution >= 0.6 is 0 Å². The molecule has 0 aromatic carbocycles. The van der Waals surface area contributed by atoms with E-state index in [9.17, 15) is 8.42 Å². The monoisotopic (exact) mass is 286 g/mol. The summed E-state index contributed by atoms with van der Waals surface area (Å²) in [5.41, 5.74) is 2.30. The second kappa shape index (κ2) is 6.83. The van der Waals surface area contributed by atoms with E-state index in [1.807, 2.05) is 6.92 Å². The predicted molar refractivity (Wildman–Crippen MR) is 75.9 cm³/mol. The second-order valence-corrected chi connectivity index (χ2v) is 6.16. The van der Waals surface area contributed by atoms with Crippen LogP contribution in [0.3, 0.4) is 0 Å². The number of anilines is 1. The molecule has 0 saturated heterocycles. The highest BCUT2D eigenvalue weighted by molar-refractivity contribution is 7.89. The van der Waals surface area contributed by atoms with Crippen molar-refractivity contribution in [2.75, 3.05) is 5.43 Å². The quantitative estimate of drug-likeness (QED) is 0.521. The molecule has 6 nitrogen and oxygen atoms in total. The zero-order valence-corrected chi connectivity index (χ0v) is 12.4. The minimum atomic E-state index is -3.62. The van der Waals surface area contributed by atoms with Gasteiger partial charge >= 0.3 is 0 Å². The molecule has 1 heterocycles. The molecule has 1 rings (SSSR count). The van der Waals surface area contributed by atoms with Gasteiger partial charge in [-0.05, 0) is 25.0 Å². The van der Waals surface area contributed by atoms with Gasteiger partial charge in [0.1, 0.15) is 4.90 Å². The third-order valence-electron chi connectivity index (χ3n) is 3.29. The van der Waals surface area contributed by atoms with Crippen LogP contribution in [0.25, 0.3) is 0 Å². The fourth-order valence-corrected chi connectivity index (χ4v) is 3.55. The number of nitrogen functional groups attached to an aromatic ring is 1. The van der Waals surface area contributed by atoms with Crippen LogP contribution < -0.4 is 16.0 Å². The Kier molecular flexibility index (Phi) is 5.71. The van der Waals surface area contributed by atoms with E-state index in [1.165, 1.54) is 12.3 Å². The van der Waals surface area contributed by atoms with Crippen molar-refractivity contribution < 1.29 is 8.42 Å². The van der Waals surface area contributed by atoms with Crippen molar-refractivity contribution in [3.8, 4) is 0 Å². The number of hydrogen-bond acceptors (Lipinski definition) is 5. The standard InChI is InChI=1S/C12H22N4O2S/c1-4-10(5-2)9(3)16-19(17,18)11-7-6-8-14-12(11)15-13/h6-10,16H,4-5,13H2,1-3H3,(H,14,15). The lowest BCUT2D eigenvalue weighted by Gasteiger charge is -2.22. The molecule has 0 aliphatic carbocycles. The van der Waals surface area contributed by atoms with Gasteiger partial charge in [-0.2, -0.15) is 0 Å². The maximum Gasteiger partial charge on any atom is 0.244 e. The Bertz CT molecular complexity index is 500. The largest absolute Gasteiger partial charge is 0.307 e. The van der Waals surface area contributed by atoms with E-state index in [1.54, 1.807) is 6.07 Å². The molecular weight excluding hydrogens is 264 g/mol. The van der Waals surface area contributed by atoms with Gasteiger partial charge in [-0.1, -0.05) is 26.7 Å². The van der Waals surface area contributed by atoms with Crippen molar-refractivity contribution in [3.63, 3.8) is 0 Å². The van der Waals surface area contributed by atoms with Gasteiger partial charge < -0.3 is 5.43 Å². The van der Waals surface area contributed by atoms with Crippen LogP contribution in [0, 0.1) is 5.92 Å². The zero-order valence-electron chi connectivity index (χ0n) is 11.6. The second-order valence-electron chi connectivity index (χ2n) is 4.48. The van der Waals surface area contributed by atoms with Gasteiger partial charge in [-0.15, -0.1) is 0 Å². The van der Waals surface area contributed by atoms with Crippen molar-refractivity contribution in [2.24, 2.45) is 11.8 Å². The predicted octanol–water partition coefficient (Wildman–Crippen LogP) is 1.47. The molecule has 19 heavy (non-hydrogen) atoms. The number of nitrogens with two attached hydrogens (primary N) is 1. The highest BCUT2D eigenvalue weighted by Crippen LogP contribution is 2.20. The molecule has 0 aliphatic heterocycles. The van der Waals surface area contributed by atoms with Gasteiger partial charge in [-0.25, -0.2) is 24.0 Å². The molecule has 1 aromatic heterocycles. The zero-order chi connectivity index (χ0) is 14.5. The van der Waals surface area contributed by atoms with Crippen molar-refractivity contribution in [1.29, 1.82) is 0 Å². The first-order valence-electron chi connectivity index (χ1n) is 6.40. The van der Waals surface area contributed by atoms with Gasteiger partial charge in [0, 0.05) is 12.2 Å². The van der Waals surface area contributed by atoms with Crippen LogP contribution in [-0.4, -0.2) is 19.4 Å². The number of hydrazine groups is 1. The van der Waals surface area contributed by atoms with Crippen molar-refractivity contribution in [1.82, 2.24) is 9.71 Å². The summed E-state index contributed by atoms with van der Waals surface area (Å²) in [5.74, 6) is 5.74. The minimum absolute atomic E-state index is 0.0651. The molecule has 4 N–H and O–H groups in total. The highest BCUT2D eigenvalue weighted by Gasteiger charge is 2.24. The fourth-order valence-electron chi connectivity index (χ4n) is 2.12. The molecule has 0 saturated carbocycles. The lowest BCUT2D eigenvalue weighted by Crippen LogP contribution is -2.38. The van der Waals surface area contributed by atoms with Gasteiger partial charge in [0.2, 0.25) is 10.0 Å². The lowest BCUT2D eigenvalue weighted by molar-refractivity contribution is 0.391. The molecular formula is C12H22N4O2S. The molecule has 1 unspecified atom stereocenters. The highest BCUT2D eigenvalue weighted by atomic mass is 32.2. The molecule has 0 radical (unpaired) electrons. The van der Waals surface area contributed by atoms with Gasteiger partial charge in [0.25, 0.3) is 0 Å². The van der Waals surface area contributed by atoms with E-state index in [2.05, 4.69) is 29.0 Å². The van der Waals surface area contributed by atoms with Crippen molar-refractivity contribution in [2.45, 2.75) is 44.6 Å². The Hall–Kier alpha value is -1.18. The summed E-state index contributed by atoms with van der Waals surface area (Å²) in [6.07, 6.45) is 3.34. The first-order valence-corrected chi connectivity index (χ1v) is 7.88. The number of rotatable bonds is 7. The summed E-state index contributed by atoms with van der Waals surface area (Å²) in [6, 6.07) is 2.91. The van der Waals surface area contributed by atoms with E-state index >= 15 is 0 Å². The summed E-state index contributed by atoms with van der Waals surface area (Å²) < 4.78 is 27.3. The number of sulfonamides is 1. The molecule has 0 amide bonds. The third-order valence-corrected chi connectivity index (χ3v) is 4.88. The van der Waals surface area contributed by atoms with Crippen molar-refractivity contribution in [3.05, 3.63) is 18.3 Å². The Morgan fingerprint density at radius 3 is 2.53 bits per heavy atom. The topological polar surface area (TPSA) is 97.1 Å². The minimum Gasteiger partial charge on any atom is -0.307 e. The fraction of sp³-hybridized carbons (Fsp3) is 0.583. The molecule has 1 aromatic rings. The molecule has 0 bridgehead atoms. The van der Waals surface area contributed by atoms with Gasteiger partial charge in [0.15, 0.2) is 5.82 Å². The van der Waals surface area contributed by atoms with Crippen LogP contribution in [0.5, 0.6) is 0 Å². The van der Waals surface area contributed by atoms with Gasteiger partial charge in [-0.3, -0.25) is 0 Å². The van der Waals surface area contributed by atoms with Crippen LogP contribution in [0.15, 0.2) is 23.2 Å². The number of aromatic nitrogens is 1. The first kappa shape index (κ1) is 15.9. The molecule has 0 spiro atoms. The summed E-state index contributed by atoms with van der Waals surface area (Å²) in [5, 5.41) is 0. The molecule has 7 heteroatoms. The van der Waals surface area contributed by atoms with E-state index in [-0.39, 0.29) is 16.8 Å². The Balaban J connectivity index is 2.98. The van der Waals surface area contributed by atoms with E-state index in [0.29, 0.717) is 5.92 Å². The Morgan fingerprint density at radius 1 is 1.37 bits per heavy atom. The van der Waals surface area contributed by atoms with Crippen molar-refractivity contribution >= 4 is 15.8 Å². The number of pyridine rings is 1. The Labute approximate surface area is 114 Å². The summed E-state index contributed by atoms with van der Waals surface area (Å²) in [4.78, 5) is 3.97. The SMILES string of the molecule is CCC(CC)C(C)NS(=O)(=O)c1cccnc1NN. The van der Waals surface area contributed by atoms with Gasteiger partial charge in [0.05, 0.1) is 0 Å². The Morgan fingerprint density at radius 2 is 2.00 bits per heavy atom. The van der Waals surface area contributed by atoms with E-state index in [4.69, 9.17) is 5.84 Å². The van der Waals surface area contributed by atoms with Crippen LogP contribution in [0.1, 0.15) is 33.6 Å². The first-order chi connectivity index (χ1) is 8.96. The number of nitrogens with zero attached hydrogens (tertiary/aromatic N) is 1. The molecule has 1 atom stereocenters. The van der Waals surface area contributed by atoms with Crippen LogP contribution in [0.4, 0.5) is 5.82 Å². The normalized spacial score (nSPS) is 13.5. The number of hydrogen-bond donors (Lipinski definition) is 3. The average molecular weight is 286 g/mol. The maximum absolute atomic E-state index is 12.3. The maximum atomic E-state index is 12.3. The molecule has 0 aliphatic rings. The smallest absolute Gasteiger partial charge is 0.244 e. The number of nitrogens with one attached hydrogen (secondary N) is 2. The van der Waals surface area contributed by atoms with Crippen LogP contribution in [-0.2, 0) is 10.0 Å². The van der Waals surface area contributed by atoms with E-state index in [0.717, 1.165) is 12.8 Å².